The molecule has 2 aromatic carbocycles. The second-order valence-electron chi connectivity index (χ2n) is 4.33. The maximum absolute atomic E-state index is 10.9. The van der Waals surface area contributed by atoms with Gasteiger partial charge in [-0.1, -0.05) is 30.3 Å². The van der Waals surface area contributed by atoms with E-state index < -0.39 is 15.5 Å². The second-order valence-corrected chi connectivity index (χ2v) is 4.33. The van der Waals surface area contributed by atoms with Crippen LogP contribution in [0.1, 0.15) is 5.56 Å². The van der Waals surface area contributed by atoms with Gasteiger partial charge in [-0.25, -0.2) is 0 Å². The van der Waals surface area contributed by atoms with Crippen LogP contribution in [0.4, 0.5) is 17.1 Å². The molecule has 0 unspecified atom stereocenters. The third-order valence-corrected chi connectivity index (χ3v) is 2.83. The SMILES string of the molecule is O=[N+]([O-])c1ccc(N/N=C/Cc2ccccc2)c([N+](=O)[O-])c1. The molecule has 8 nitrogen and oxygen atoms in total. The van der Waals surface area contributed by atoms with Crippen molar-refractivity contribution in [3.8, 4) is 0 Å². The summed E-state index contributed by atoms with van der Waals surface area (Å²) < 4.78 is 0. The summed E-state index contributed by atoms with van der Waals surface area (Å²) in [7, 11) is 0. The van der Waals surface area contributed by atoms with Gasteiger partial charge in [-0.05, 0) is 11.6 Å². The highest BCUT2D eigenvalue weighted by molar-refractivity contribution is 5.68. The molecule has 0 spiro atoms. The van der Waals surface area contributed by atoms with Crippen molar-refractivity contribution in [2.45, 2.75) is 6.42 Å². The second kappa shape index (κ2) is 6.93. The summed E-state index contributed by atoms with van der Waals surface area (Å²) in [6.45, 7) is 0. The van der Waals surface area contributed by atoms with Crippen LogP contribution >= 0.6 is 0 Å². The third kappa shape index (κ3) is 3.85. The fraction of sp³-hybridized carbons (Fsp3) is 0.0714. The van der Waals surface area contributed by atoms with Gasteiger partial charge in [0.05, 0.1) is 15.9 Å². The maximum atomic E-state index is 10.9. The van der Waals surface area contributed by atoms with Gasteiger partial charge in [-0.3, -0.25) is 25.7 Å². The zero-order chi connectivity index (χ0) is 15.9. The quantitative estimate of drug-likeness (QED) is 0.500. The minimum absolute atomic E-state index is 0.0971. The lowest BCUT2D eigenvalue weighted by atomic mass is 10.2. The summed E-state index contributed by atoms with van der Waals surface area (Å²) in [5, 5.41) is 25.5. The van der Waals surface area contributed by atoms with E-state index in [9.17, 15) is 20.2 Å². The van der Waals surface area contributed by atoms with Crippen LogP contribution in [-0.4, -0.2) is 16.1 Å². The van der Waals surface area contributed by atoms with Crippen LogP contribution in [-0.2, 0) is 6.42 Å². The molecular weight excluding hydrogens is 288 g/mol. The highest BCUT2D eigenvalue weighted by atomic mass is 16.6. The third-order valence-electron chi connectivity index (χ3n) is 2.83. The number of hydrogen-bond donors (Lipinski definition) is 1. The first kappa shape index (κ1) is 15.1. The van der Waals surface area contributed by atoms with Gasteiger partial charge in [0.1, 0.15) is 5.69 Å². The first-order chi connectivity index (χ1) is 10.6. The van der Waals surface area contributed by atoms with E-state index in [0.29, 0.717) is 6.42 Å². The highest BCUT2D eigenvalue weighted by Crippen LogP contribution is 2.28. The van der Waals surface area contributed by atoms with E-state index in [0.717, 1.165) is 11.6 Å². The van der Waals surface area contributed by atoms with E-state index in [-0.39, 0.29) is 11.4 Å². The largest absolute Gasteiger partial charge is 0.301 e. The molecule has 0 aliphatic rings. The van der Waals surface area contributed by atoms with Crippen LogP contribution in [0.3, 0.4) is 0 Å². The van der Waals surface area contributed by atoms with Crippen molar-refractivity contribution in [3.05, 3.63) is 74.3 Å². The smallest absolute Gasteiger partial charge is 0.272 e. The Hall–Kier alpha value is -3.29. The van der Waals surface area contributed by atoms with Gasteiger partial charge >= 0.3 is 5.69 Å². The molecule has 0 radical (unpaired) electrons. The number of nitrogens with zero attached hydrogens (tertiary/aromatic N) is 3. The molecule has 0 fully saturated rings. The van der Waals surface area contributed by atoms with Gasteiger partial charge in [-0.15, -0.1) is 0 Å². The Labute approximate surface area is 125 Å². The lowest BCUT2D eigenvalue weighted by Gasteiger charge is -2.02. The summed E-state index contributed by atoms with van der Waals surface area (Å²) >= 11 is 0. The zero-order valence-electron chi connectivity index (χ0n) is 11.4. The zero-order valence-corrected chi connectivity index (χ0v) is 11.4. The molecule has 2 rings (SSSR count). The number of benzene rings is 2. The molecule has 0 aromatic heterocycles. The fourth-order valence-corrected chi connectivity index (χ4v) is 1.76. The molecule has 0 amide bonds. The Morgan fingerprint density at radius 3 is 2.41 bits per heavy atom. The Balaban J connectivity index is 2.09. The van der Waals surface area contributed by atoms with Crippen molar-refractivity contribution in [2.75, 3.05) is 5.43 Å². The van der Waals surface area contributed by atoms with E-state index in [1.54, 1.807) is 6.21 Å². The summed E-state index contributed by atoms with van der Waals surface area (Å²) in [5.41, 5.74) is 2.94. The Morgan fingerprint density at radius 2 is 1.77 bits per heavy atom. The summed E-state index contributed by atoms with van der Waals surface area (Å²) in [4.78, 5) is 20.2. The Bertz CT molecular complexity index is 716. The average molecular weight is 300 g/mol. The molecule has 2 aromatic rings. The summed E-state index contributed by atoms with van der Waals surface area (Å²) in [6, 6.07) is 12.9. The van der Waals surface area contributed by atoms with Gasteiger partial charge in [0.15, 0.2) is 0 Å². The van der Waals surface area contributed by atoms with Crippen LogP contribution in [0.25, 0.3) is 0 Å². The number of rotatable bonds is 6. The fourth-order valence-electron chi connectivity index (χ4n) is 1.76. The average Bonchev–Trinajstić information content (AvgIpc) is 2.52. The van der Waals surface area contributed by atoms with E-state index in [2.05, 4.69) is 10.5 Å². The van der Waals surface area contributed by atoms with Crippen LogP contribution in [0.5, 0.6) is 0 Å². The van der Waals surface area contributed by atoms with Gasteiger partial charge in [0, 0.05) is 18.7 Å². The number of non-ortho nitro benzene ring substituents is 1. The minimum Gasteiger partial charge on any atom is -0.272 e. The van der Waals surface area contributed by atoms with Gasteiger partial charge in [-0.2, -0.15) is 5.10 Å². The van der Waals surface area contributed by atoms with Crippen molar-refractivity contribution in [1.29, 1.82) is 0 Å². The Morgan fingerprint density at radius 1 is 1.05 bits per heavy atom. The van der Waals surface area contributed by atoms with E-state index in [1.807, 2.05) is 30.3 Å². The van der Waals surface area contributed by atoms with Crippen molar-refractivity contribution in [1.82, 2.24) is 0 Å². The monoisotopic (exact) mass is 300 g/mol. The lowest BCUT2D eigenvalue weighted by Crippen LogP contribution is -1.99. The van der Waals surface area contributed by atoms with Crippen molar-refractivity contribution >= 4 is 23.3 Å². The molecule has 0 bridgehead atoms. The van der Waals surface area contributed by atoms with Crippen molar-refractivity contribution in [3.63, 3.8) is 0 Å². The number of anilines is 1. The lowest BCUT2D eigenvalue weighted by molar-refractivity contribution is -0.393. The van der Waals surface area contributed by atoms with Crippen LogP contribution in [0, 0.1) is 20.2 Å². The first-order valence-electron chi connectivity index (χ1n) is 6.32. The van der Waals surface area contributed by atoms with Crippen molar-refractivity contribution < 1.29 is 9.85 Å². The molecule has 0 heterocycles. The van der Waals surface area contributed by atoms with Gasteiger partial charge < -0.3 is 0 Å². The molecule has 0 saturated heterocycles. The topological polar surface area (TPSA) is 111 Å². The molecule has 0 aliphatic carbocycles. The number of nitro groups is 2. The summed E-state index contributed by atoms with van der Waals surface area (Å²) in [6.07, 6.45) is 2.13. The van der Waals surface area contributed by atoms with Crippen LogP contribution in [0.2, 0.25) is 0 Å². The van der Waals surface area contributed by atoms with Crippen molar-refractivity contribution in [2.24, 2.45) is 5.10 Å². The van der Waals surface area contributed by atoms with Crippen LogP contribution < -0.4 is 5.43 Å². The number of nitro benzene ring substituents is 2. The van der Waals surface area contributed by atoms with E-state index in [1.165, 1.54) is 12.1 Å². The highest BCUT2D eigenvalue weighted by Gasteiger charge is 2.18. The predicted octanol–water partition coefficient (Wildman–Crippen LogP) is 3.14. The molecule has 22 heavy (non-hydrogen) atoms. The Kier molecular flexibility index (Phi) is 4.76. The van der Waals surface area contributed by atoms with E-state index >= 15 is 0 Å². The normalized spacial score (nSPS) is 10.5. The first-order valence-corrected chi connectivity index (χ1v) is 6.32. The molecule has 0 aliphatic heterocycles. The van der Waals surface area contributed by atoms with E-state index in [4.69, 9.17) is 0 Å². The molecule has 0 saturated carbocycles. The molecule has 112 valence electrons. The predicted molar refractivity (Wildman–Crippen MR) is 82.0 cm³/mol. The molecular formula is C14H12N4O4. The molecule has 0 atom stereocenters. The number of hydrogen-bond acceptors (Lipinski definition) is 6. The minimum atomic E-state index is -0.692. The molecule has 1 N–H and O–H groups in total. The number of nitrogens with one attached hydrogen (secondary N) is 1. The van der Waals surface area contributed by atoms with Gasteiger partial charge in [0.25, 0.3) is 5.69 Å². The summed E-state index contributed by atoms with van der Waals surface area (Å²) in [5.74, 6) is 0. The van der Waals surface area contributed by atoms with Crippen LogP contribution in [0.15, 0.2) is 53.6 Å². The molecule has 8 heteroatoms. The standard InChI is InChI=1S/C14H12N4O4/c19-17(20)12-6-7-13(14(10-12)18(21)22)16-15-9-8-11-4-2-1-3-5-11/h1-7,9-10,16H,8H2/b15-9+. The maximum Gasteiger partial charge on any atom is 0.301 e. The van der Waals surface area contributed by atoms with Gasteiger partial charge in [0.2, 0.25) is 0 Å². The number of hydrazone groups is 1.